The Bertz CT molecular complexity index is 497. The van der Waals surface area contributed by atoms with E-state index < -0.39 is 0 Å². The third-order valence-electron chi connectivity index (χ3n) is 3.47. The molecule has 22 heavy (non-hydrogen) atoms. The molecule has 2 heterocycles. The van der Waals surface area contributed by atoms with Crippen LogP contribution in [0.4, 0.5) is 10.6 Å². The van der Waals surface area contributed by atoms with Gasteiger partial charge in [-0.1, -0.05) is 13.3 Å². The van der Waals surface area contributed by atoms with Gasteiger partial charge in [-0.15, -0.1) is 0 Å². The molecule has 0 bridgehead atoms. The molecule has 2 rings (SSSR count). The van der Waals surface area contributed by atoms with Crippen molar-refractivity contribution in [3.63, 3.8) is 0 Å². The molecule has 3 N–H and O–H groups in total. The molecule has 0 atom stereocenters. The number of nitrogens with one attached hydrogen (secondary N) is 3. The van der Waals surface area contributed by atoms with Crippen LogP contribution < -0.4 is 16.0 Å². The van der Waals surface area contributed by atoms with Crippen LogP contribution in [0.5, 0.6) is 0 Å². The molecular formula is C15H23N5O2. The fourth-order valence-electron chi connectivity index (χ4n) is 2.18. The summed E-state index contributed by atoms with van der Waals surface area (Å²) in [6, 6.07) is 3.07. The lowest BCUT2D eigenvalue weighted by molar-refractivity contribution is 0.0735. The minimum atomic E-state index is -0.276. The summed E-state index contributed by atoms with van der Waals surface area (Å²) < 4.78 is 0. The Balaban J connectivity index is 1.86. The van der Waals surface area contributed by atoms with Crippen LogP contribution in [0.1, 0.15) is 30.1 Å². The molecule has 0 aliphatic carbocycles. The van der Waals surface area contributed by atoms with Crippen molar-refractivity contribution < 1.29 is 9.59 Å². The van der Waals surface area contributed by atoms with Crippen LogP contribution in [0, 0.1) is 0 Å². The number of rotatable bonds is 5. The van der Waals surface area contributed by atoms with Gasteiger partial charge in [-0.25, -0.2) is 9.78 Å². The van der Waals surface area contributed by atoms with E-state index in [1.807, 2.05) is 0 Å². The lowest BCUT2D eigenvalue weighted by atomic mass is 10.2. The molecule has 0 aromatic carbocycles. The molecule has 1 aliphatic rings. The quantitative estimate of drug-likeness (QED) is 0.710. The van der Waals surface area contributed by atoms with Crippen LogP contribution in [0.25, 0.3) is 0 Å². The summed E-state index contributed by atoms with van der Waals surface area (Å²) in [5.74, 6) is 0.416. The molecule has 1 fully saturated rings. The Morgan fingerprint density at radius 3 is 2.73 bits per heavy atom. The first-order chi connectivity index (χ1) is 10.7. The molecule has 1 saturated heterocycles. The summed E-state index contributed by atoms with van der Waals surface area (Å²) >= 11 is 0. The molecule has 7 nitrogen and oxygen atoms in total. The van der Waals surface area contributed by atoms with Crippen LogP contribution in [0.15, 0.2) is 18.3 Å². The highest BCUT2D eigenvalue weighted by Gasteiger charge is 2.18. The van der Waals surface area contributed by atoms with E-state index in [1.165, 1.54) is 6.20 Å². The van der Waals surface area contributed by atoms with Gasteiger partial charge in [-0.2, -0.15) is 0 Å². The van der Waals surface area contributed by atoms with Crippen LogP contribution in [0.3, 0.4) is 0 Å². The number of pyridine rings is 1. The Labute approximate surface area is 130 Å². The number of carbonyl (C=O) groups is 2. The second kappa shape index (κ2) is 8.33. The normalized spacial score (nSPS) is 14.5. The number of piperazine rings is 1. The maximum absolute atomic E-state index is 12.3. The highest BCUT2D eigenvalue weighted by Crippen LogP contribution is 2.08. The number of hydrogen-bond donors (Lipinski definition) is 3. The van der Waals surface area contributed by atoms with E-state index in [0.29, 0.717) is 31.0 Å². The van der Waals surface area contributed by atoms with E-state index in [4.69, 9.17) is 0 Å². The monoisotopic (exact) mass is 305 g/mol. The van der Waals surface area contributed by atoms with Crippen molar-refractivity contribution in [1.82, 2.24) is 20.5 Å². The highest BCUT2D eigenvalue weighted by molar-refractivity contribution is 5.94. The van der Waals surface area contributed by atoms with Crippen molar-refractivity contribution in [2.45, 2.75) is 19.8 Å². The minimum Gasteiger partial charge on any atom is -0.338 e. The van der Waals surface area contributed by atoms with Crippen molar-refractivity contribution in [2.75, 3.05) is 38.0 Å². The minimum absolute atomic E-state index is 0.0204. The maximum Gasteiger partial charge on any atom is 0.320 e. The predicted molar refractivity (Wildman–Crippen MR) is 84.9 cm³/mol. The summed E-state index contributed by atoms with van der Waals surface area (Å²) in [5.41, 5.74) is 0.541. The van der Waals surface area contributed by atoms with Crippen LogP contribution >= 0.6 is 0 Å². The van der Waals surface area contributed by atoms with Gasteiger partial charge in [0.25, 0.3) is 5.91 Å². The highest BCUT2D eigenvalue weighted by atomic mass is 16.2. The fraction of sp³-hybridized carbons (Fsp3) is 0.533. The zero-order valence-electron chi connectivity index (χ0n) is 12.9. The molecule has 3 amide bonds. The van der Waals surface area contributed by atoms with Crippen LogP contribution in [-0.4, -0.2) is 54.5 Å². The molecule has 1 aromatic rings. The molecule has 7 heteroatoms. The standard InChI is InChI=1S/C15H23N5O2/c1-2-3-6-17-15(22)19-13-5-4-12(11-18-13)14(21)20-9-7-16-8-10-20/h4-5,11,16H,2-3,6-10H2,1H3,(H2,17,18,19,22). The first kappa shape index (κ1) is 16.2. The fourth-order valence-corrected chi connectivity index (χ4v) is 2.18. The number of aromatic nitrogens is 1. The van der Waals surface area contributed by atoms with Crippen LogP contribution in [0.2, 0.25) is 0 Å². The van der Waals surface area contributed by atoms with Crippen molar-refractivity contribution in [3.05, 3.63) is 23.9 Å². The summed E-state index contributed by atoms with van der Waals surface area (Å²) in [7, 11) is 0. The zero-order chi connectivity index (χ0) is 15.8. The van der Waals surface area contributed by atoms with E-state index in [1.54, 1.807) is 17.0 Å². The number of nitrogens with zero attached hydrogens (tertiary/aromatic N) is 2. The topological polar surface area (TPSA) is 86.4 Å². The van der Waals surface area contributed by atoms with Gasteiger partial charge in [0.2, 0.25) is 0 Å². The summed E-state index contributed by atoms with van der Waals surface area (Å²) in [6.45, 7) is 5.75. The second-order valence-corrected chi connectivity index (χ2v) is 5.21. The third kappa shape index (κ3) is 4.70. The first-order valence-corrected chi connectivity index (χ1v) is 7.71. The molecular weight excluding hydrogens is 282 g/mol. The number of hydrogen-bond acceptors (Lipinski definition) is 4. The van der Waals surface area contributed by atoms with Crippen LogP contribution in [-0.2, 0) is 0 Å². The number of carbonyl (C=O) groups excluding carboxylic acids is 2. The average Bonchev–Trinajstić information content (AvgIpc) is 2.56. The van der Waals surface area contributed by atoms with Crippen molar-refractivity contribution in [3.8, 4) is 0 Å². The molecule has 1 aliphatic heterocycles. The second-order valence-electron chi connectivity index (χ2n) is 5.21. The average molecular weight is 305 g/mol. The van der Waals surface area contributed by atoms with E-state index in [9.17, 15) is 9.59 Å². The SMILES string of the molecule is CCCCNC(=O)Nc1ccc(C(=O)N2CCNCC2)cn1. The lowest BCUT2D eigenvalue weighted by Crippen LogP contribution is -2.46. The summed E-state index contributed by atoms with van der Waals surface area (Å²) in [5, 5.41) is 8.61. The van der Waals surface area contributed by atoms with Gasteiger partial charge in [0.05, 0.1) is 5.56 Å². The van der Waals surface area contributed by atoms with Gasteiger partial charge in [-0.3, -0.25) is 10.1 Å². The summed E-state index contributed by atoms with van der Waals surface area (Å²) in [6.07, 6.45) is 3.48. The lowest BCUT2D eigenvalue weighted by Gasteiger charge is -2.27. The van der Waals surface area contributed by atoms with E-state index in [-0.39, 0.29) is 11.9 Å². The maximum atomic E-state index is 12.3. The number of urea groups is 1. The van der Waals surface area contributed by atoms with E-state index >= 15 is 0 Å². The first-order valence-electron chi connectivity index (χ1n) is 7.71. The van der Waals surface area contributed by atoms with Crippen molar-refractivity contribution in [2.24, 2.45) is 0 Å². The molecule has 1 aromatic heterocycles. The van der Waals surface area contributed by atoms with E-state index in [2.05, 4.69) is 27.9 Å². The Morgan fingerprint density at radius 1 is 1.32 bits per heavy atom. The Morgan fingerprint density at radius 2 is 2.09 bits per heavy atom. The Kier molecular flexibility index (Phi) is 6.14. The van der Waals surface area contributed by atoms with Gasteiger partial charge in [0, 0.05) is 38.9 Å². The molecule has 0 unspecified atom stereocenters. The van der Waals surface area contributed by atoms with Gasteiger partial charge < -0.3 is 15.5 Å². The Hall–Kier alpha value is -2.15. The van der Waals surface area contributed by atoms with E-state index in [0.717, 1.165) is 25.9 Å². The van der Waals surface area contributed by atoms with Gasteiger partial charge in [0.1, 0.15) is 5.82 Å². The van der Waals surface area contributed by atoms with Gasteiger partial charge in [-0.05, 0) is 18.6 Å². The molecule has 0 spiro atoms. The van der Waals surface area contributed by atoms with Crippen molar-refractivity contribution in [1.29, 1.82) is 0 Å². The number of unbranched alkanes of at least 4 members (excludes halogenated alkanes) is 1. The molecule has 0 radical (unpaired) electrons. The number of amides is 3. The third-order valence-corrected chi connectivity index (χ3v) is 3.47. The molecule has 0 saturated carbocycles. The smallest absolute Gasteiger partial charge is 0.320 e. The predicted octanol–water partition coefficient (Wildman–Crippen LogP) is 1.05. The molecule has 120 valence electrons. The zero-order valence-corrected chi connectivity index (χ0v) is 12.9. The van der Waals surface area contributed by atoms with Crippen molar-refractivity contribution >= 4 is 17.8 Å². The summed E-state index contributed by atoms with van der Waals surface area (Å²) in [4.78, 5) is 29.8. The van der Waals surface area contributed by atoms with Gasteiger partial charge in [0.15, 0.2) is 0 Å². The number of anilines is 1. The van der Waals surface area contributed by atoms with Gasteiger partial charge >= 0.3 is 6.03 Å². The largest absolute Gasteiger partial charge is 0.338 e.